The number of aromatic carboxylic acids is 1. The lowest BCUT2D eigenvalue weighted by atomic mass is 10.2. The van der Waals surface area contributed by atoms with Gasteiger partial charge in [-0.1, -0.05) is 0 Å². The highest BCUT2D eigenvalue weighted by Gasteiger charge is 2.03. The van der Waals surface area contributed by atoms with Crippen LogP contribution in [-0.4, -0.2) is 26.8 Å². The maximum Gasteiger partial charge on any atom is 0.335 e. The van der Waals surface area contributed by atoms with Crippen LogP contribution in [0.3, 0.4) is 0 Å². The molecule has 0 radical (unpaired) electrons. The highest BCUT2D eigenvalue weighted by Crippen LogP contribution is 2.12. The maximum absolute atomic E-state index is 11.8. The fourth-order valence-corrected chi connectivity index (χ4v) is 1.82. The molecular weight excluding hydrogens is 260 g/mol. The van der Waals surface area contributed by atoms with Crippen molar-refractivity contribution in [1.82, 2.24) is 9.13 Å². The number of carboxylic acid groups (broad SMARTS) is 1. The van der Waals surface area contributed by atoms with E-state index in [9.17, 15) is 9.59 Å². The molecule has 0 saturated carbocycles. The number of benzene rings is 1. The van der Waals surface area contributed by atoms with E-state index in [1.807, 2.05) is 6.92 Å². The Morgan fingerprint density at radius 3 is 2.40 bits per heavy atom. The van der Waals surface area contributed by atoms with Gasteiger partial charge in [0.1, 0.15) is 12.4 Å². The van der Waals surface area contributed by atoms with Gasteiger partial charge < -0.3 is 9.84 Å². The van der Waals surface area contributed by atoms with Crippen molar-refractivity contribution < 1.29 is 14.6 Å². The molecule has 0 atom stereocenters. The first-order valence-corrected chi connectivity index (χ1v) is 6.33. The SMILES string of the molecule is CCn1ccn(CCOc2ccc(C(=O)O)cc2)c1=O. The molecule has 0 spiro atoms. The lowest BCUT2D eigenvalue weighted by Crippen LogP contribution is -2.25. The van der Waals surface area contributed by atoms with Gasteiger partial charge in [0.05, 0.1) is 12.1 Å². The van der Waals surface area contributed by atoms with E-state index in [0.717, 1.165) is 0 Å². The average Bonchev–Trinajstić information content (AvgIpc) is 2.80. The summed E-state index contributed by atoms with van der Waals surface area (Å²) in [6, 6.07) is 6.17. The molecular formula is C14H16N2O4. The standard InChI is InChI=1S/C14H16N2O4/c1-2-15-7-8-16(14(15)19)9-10-20-12-5-3-11(4-6-12)13(17)18/h3-8H,2,9-10H2,1H3,(H,17,18). The molecule has 0 saturated heterocycles. The van der Waals surface area contributed by atoms with Crippen LogP contribution in [0.5, 0.6) is 5.75 Å². The van der Waals surface area contributed by atoms with Gasteiger partial charge in [0, 0.05) is 18.9 Å². The van der Waals surface area contributed by atoms with Gasteiger partial charge in [-0.2, -0.15) is 0 Å². The van der Waals surface area contributed by atoms with Crippen LogP contribution in [0, 0.1) is 0 Å². The highest BCUT2D eigenvalue weighted by molar-refractivity contribution is 5.87. The predicted molar refractivity (Wildman–Crippen MR) is 73.3 cm³/mol. The number of imidazole rings is 1. The largest absolute Gasteiger partial charge is 0.492 e. The molecule has 0 bridgehead atoms. The summed E-state index contributed by atoms with van der Waals surface area (Å²) in [4.78, 5) is 22.5. The third-order valence-corrected chi connectivity index (χ3v) is 2.96. The van der Waals surface area contributed by atoms with E-state index >= 15 is 0 Å². The number of nitrogens with zero attached hydrogens (tertiary/aromatic N) is 2. The van der Waals surface area contributed by atoms with Crippen LogP contribution in [-0.2, 0) is 13.1 Å². The van der Waals surface area contributed by atoms with Crippen LogP contribution in [0.4, 0.5) is 0 Å². The Morgan fingerprint density at radius 1 is 1.20 bits per heavy atom. The van der Waals surface area contributed by atoms with Crippen LogP contribution in [0.15, 0.2) is 41.5 Å². The fourth-order valence-electron chi connectivity index (χ4n) is 1.82. The van der Waals surface area contributed by atoms with Gasteiger partial charge in [-0.25, -0.2) is 9.59 Å². The summed E-state index contributed by atoms with van der Waals surface area (Å²) in [6.07, 6.45) is 3.46. The summed E-state index contributed by atoms with van der Waals surface area (Å²) in [7, 11) is 0. The summed E-state index contributed by atoms with van der Waals surface area (Å²) in [5, 5.41) is 8.78. The predicted octanol–water partition coefficient (Wildman–Crippen LogP) is 1.45. The van der Waals surface area contributed by atoms with Crippen LogP contribution >= 0.6 is 0 Å². The lowest BCUT2D eigenvalue weighted by Gasteiger charge is -2.06. The first kappa shape index (κ1) is 13.9. The molecule has 2 rings (SSSR count). The minimum atomic E-state index is -0.969. The normalized spacial score (nSPS) is 10.4. The Labute approximate surface area is 115 Å². The van der Waals surface area contributed by atoms with Crippen molar-refractivity contribution in [3.8, 4) is 5.75 Å². The van der Waals surface area contributed by atoms with Crippen LogP contribution in [0.2, 0.25) is 0 Å². The molecule has 6 nitrogen and oxygen atoms in total. The van der Waals surface area contributed by atoms with Crippen molar-refractivity contribution in [2.24, 2.45) is 0 Å². The van der Waals surface area contributed by atoms with Crippen LogP contribution < -0.4 is 10.4 Å². The third-order valence-electron chi connectivity index (χ3n) is 2.96. The van der Waals surface area contributed by atoms with E-state index in [1.54, 1.807) is 33.7 Å². The molecule has 6 heteroatoms. The second-order valence-electron chi connectivity index (χ2n) is 4.24. The number of hydrogen-bond donors (Lipinski definition) is 1. The minimum absolute atomic E-state index is 0.0580. The smallest absolute Gasteiger partial charge is 0.335 e. The fraction of sp³-hybridized carbons (Fsp3) is 0.286. The zero-order valence-corrected chi connectivity index (χ0v) is 11.2. The van der Waals surface area contributed by atoms with Gasteiger partial charge in [0.25, 0.3) is 0 Å². The summed E-state index contributed by atoms with van der Waals surface area (Å²) < 4.78 is 8.67. The van der Waals surface area contributed by atoms with Gasteiger partial charge in [-0.05, 0) is 31.2 Å². The second-order valence-corrected chi connectivity index (χ2v) is 4.24. The Balaban J connectivity index is 1.91. The van der Waals surface area contributed by atoms with E-state index in [1.165, 1.54) is 12.1 Å². The molecule has 0 aliphatic carbocycles. The van der Waals surface area contributed by atoms with E-state index in [-0.39, 0.29) is 11.3 Å². The molecule has 0 aliphatic heterocycles. The zero-order valence-electron chi connectivity index (χ0n) is 11.2. The first-order chi connectivity index (χ1) is 9.61. The molecule has 1 aromatic carbocycles. The number of aryl methyl sites for hydroxylation is 1. The Kier molecular flexibility index (Phi) is 4.24. The number of ether oxygens (including phenoxy) is 1. The molecule has 1 heterocycles. The summed E-state index contributed by atoms with van der Waals surface area (Å²) >= 11 is 0. The number of carbonyl (C=O) groups is 1. The molecule has 1 aromatic heterocycles. The Hall–Kier alpha value is -2.50. The van der Waals surface area contributed by atoms with Gasteiger partial charge in [-0.15, -0.1) is 0 Å². The quantitative estimate of drug-likeness (QED) is 0.866. The molecule has 0 unspecified atom stereocenters. The number of aromatic nitrogens is 2. The number of rotatable bonds is 6. The molecule has 0 fully saturated rings. The summed E-state index contributed by atoms with van der Waals surface area (Å²) in [6.45, 7) is 3.35. The lowest BCUT2D eigenvalue weighted by molar-refractivity contribution is 0.0697. The topological polar surface area (TPSA) is 73.5 Å². The molecule has 0 aliphatic rings. The van der Waals surface area contributed by atoms with E-state index in [2.05, 4.69) is 0 Å². The van der Waals surface area contributed by atoms with Gasteiger partial charge in [0.2, 0.25) is 0 Å². The molecule has 20 heavy (non-hydrogen) atoms. The summed E-state index contributed by atoms with van der Waals surface area (Å²) in [5.41, 5.74) is 0.158. The van der Waals surface area contributed by atoms with Gasteiger partial charge in [-0.3, -0.25) is 9.13 Å². The van der Waals surface area contributed by atoms with E-state index in [4.69, 9.17) is 9.84 Å². The maximum atomic E-state index is 11.8. The van der Waals surface area contributed by atoms with E-state index < -0.39 is 5.97 Å². The molecule has 106 valence electrons. The van der Waals surface area contributed by atoms with Crippen molar-refractivity contribution in [2.75, 3.05) is 6.61 Å². The summed E-state index contributed by atoms with van der Waals surface area (Å²) in [5.74, 6) is -0.387. The monoisotopic (exact) mass is 276 g/mol. The van der Waals surface area contributed by atoms with Gasteiger partial charge >= 0.3 is 11.7 Å². The minimum Gasteiger partial charge on any atom is -0.492 e. The van der Waals surface area contributed by atoms with Crippen molar-refractivity contribution in [1.29, 1.82) is 0 Å². The Bertz CT molecular complexity index is 640. The van der Waals surface area contributed by atoms with Crippen molar-refractivity contribution >= 4 is 5.97 Å². The molecule has 0 amide bonds. The third kappa shape index (κ3) is 3.09. The van der Waals surface area contributed by atoms with Gasteiger partial charge in [0.15, 0.2) is 0 Å². The van der Waals surface area contributed by atoms with Crippen LogP contribution in [0.25, 0.3) is 0 Å². The Morgan fingerprint density at radius 2 is 1.85 bits per heavy atom. The second kappa shape index (κ2) is 6.10. The zero-order chi connectivity index (χ0) is 14.5. The highest BCUT2D eigenvalue weighted by atomic mass is 16.5. The molecule has 2 aromatic rings. The van der Waals surface area contributed by atoms with Crippen LogP contribution in [0.1, 0.15) is 17.3 Å². The van der Waals surface area contributed by atoms with E-state index in [0.29, 0.717) is 25.4 Å². The molecule has 1 N–H and O–H groups in total. The first-order valence-electron chi connectivity index (χ1n) is 6.33. The van der Waals surface area contributed by atoms with Crippen molar-refractivity contribution in [3.63, 3.8) is 0 Å². The average molecular weight is 276 g/mol. The number of hydrogen-bond acceptors (Lipinski definition) is 3. The van der Waals surface area contributed by atoms with Crippen molar-refractivity contribution in [2.45, 2.75) is 20.0 Å². The van der Waals surface area contributed by atoms with Crippen molar-refractivity contribution in [3.05, 3.63) is 52.7 Å². The number of carboxylic acids is 1.